The number of nitrogens with zero attached hydrogens (tertiary/aromatic N) is 2. The van der Waals surface area contributed by atoms with Gasteiger partial charge in [-0.3, -0.25) is 4.98 Å². The first-order valence-electron chi connectivity index (χ1n) is 7.46. The molecule has 2 aromatic rings. The highest BCUT2D eigenvalue weighted by Crippen LogP contribution is 2.38. The van der Waals surface area contributed by atoms with Gasteiger partial charge in [0.15, 0.2) is 0 Å². The fourth-order valence-electron chi connectivity index (χ4n) is 3.55. The predicted octanol–water partition coefficient (Wildman–Crippen LogP) is 3.84. The van der Waals surface area contributed by atoms with Crippen LogP contribution in [0.2, 0.25) is 0 Å². The number of aromatic nitrogens is 2. The number of hydrogen-bond donors (Lipinski definition) is 1. The van der Waals surface area contributed by atoms with E-state index in [-0.39, 0.29) is 0 Å². The van der Waals surface area contributed by atoms with Gasteiger partial charge in [0.25, 0.3) is 0 Å². The van der Waals surface area contributed by atoms with Gasteiger partial charge in [0.1, 0.15) is 0 Å². The number of carboxylic acids is 1. The smallest absolute Gasteiger partial charge is 0.337 e. The molecule has 0 atom stereocenters. The van der Waals surface area contributed by atoms with Crippen LogP contribution in [-0.4, -0.2) is 20.6 Å². The molecule has 0 aliphatic heterocycles. The van der Waals surface area contributed by atoms with Gasteiger partial charge in [-0.05, 0) is 50.3 Å². The summed E-state index contributed by atoms with van der Waals surface area (Å²) in [7, 11) is 0. The third-order valence-corrected chi connectivity index (χ3v) is 4.54. The summed E-state index contributed by atoms with van der Waals surface area (Å²) < 4.78 is 2.03. The van der Waals surface area contributed by atoms with E-state index < -0.39 is 5.97 Å². The molecule has 1 aliphatic rings. The molecular weight excluding hydrogens is 264 g/mol. The number of carboxylic acid groups (broad SMARTS) is 1. The molecule has 4 nitrogen and oxygen atoms in total. The zero-order chi connectivity index (χ0) is 15.0. The van der Waals surface area contributed by atoms with Crippen molar-refractivity contribution in [1.29, 1.82) is 0 Å². The fraction of sp³-hybridized carbons (Fsp3) is 0.412. The lowest BCUT2D eigenvalue weighted by molar-refractivity contribution is 0.0697. The molecule has 110 valence electrons. The predicted molar refractivity (Wildman–Crippen MR) is 81.2 cm³/mol. The SMILES string of the molecule is Cc1cc(C2CCCC2)c(C)n1-c1cnccc1C(=O)O. The van der Waals surface area contributed by atoms with Gasteiger partial charge in [0, 0.05) is 17.6 Å². The summed E-state index contributed by atoms with van der Waals surface area (Å²) in [5.74, 6) is -0.294. The molecule has 1 fully saturated rings. The van der Waals surface area contributed by atoms with Crippen LogP contribution in [0.3, 0.4) is 0 Å². The molecular formula is C17H20N2O2. The molecule has 0 bridgehead atoms. The summed E-state index contributed by atoms with van der Waals surface area (Å²) in [4.78, 5) is 15.5. The zero-order valence-electron chi connectivity index (χ0n) is 12.5. The average Bonchev–Trinajstić information content (AvgIpc) is 3.07. The fourth-order valence-corrected chi connectivity index (χ4v) is 3.55. The van der Waals surface area contributed by atoms with Crippen LogP contribution in [0.15, 0.2) is 24.5 Å². The van der Waals surface area contributed by atoms with E-state index in [4.69, 9.17) is 0 Å². The largest absolute Gasteiger partial charge is 0.478 e. The average molecular weight is 284 g/mol. The Bertz CT molecular complexity index is 682. The number of pyridine rings is 1. The molecule has 0 amide bonds. The van der Waals surface area contributed by atoms with Crippen LogP contribution < -0.4 is 0 Å². The first-order chi connectivity index (χ1) is 10.1. The van der Waals surface area contributed by atoms with Crippen LogP contribution >= 0.6 is 0 Å². The quantitative estimate of drug-likeness (QED) is 0.931. The van der Waals surface area contributed by atoms with Crippen LogP contribution in [0.4, 0.5) is 0 Å². The Morgan fingerprint density at radius 2 is 2.05 bits per heavy atom. The van der Waals surface area contributed by atoms with Crippen LogP contribution in [0.5, 0.6) is 0 Å². The van der Waals surface area contributed by atoms with E-state index in [0.29, 0.717) is 17.2 Å². The van der Waals surface area contributed by atoms with E-state index in [9.17, 15) is 9.90 Å². The van der Waals surface area contributed by atoms with Crippen molar-refractivity contribution in [3.05, 3.63) is 47.0 Å². The van der Waals surface area contributed by atoms with Crippen molar-refractivity contribution in [2.45, 2.75) is 45.4 Å². The Labute approximate surface area is 124 Å². The second-order valence-corrected chi connectivity index (χ2v) is 5.84. The molecule has 0 radical (unpaired) electrons. The van der Waals surface area contributed by atoms with Gasteiger partial charge >= 0.3 is 5.97 Å². The molecule has 0 spiro atoms. The molecule has 0 aromatic carbocycles. The van der Waals surface area contributed by atoms with Crippen molar-refractivity contribution in [3.63, 3.8) is 0 Å². The van der Waals surface area contributed by atoms with Crippen LogP contribution in [0.25, 0.3) is 5.69 Å². The number of aryl methyl sites for hydroxylation is 1. The van der Waals surface area contributed by atoms with Crippen LogP contribution in [0.1, 0.15) is 58.9 Å². The molecule has 4 heteroatoms. The second kappa shape index (κ2) is 5.35. The van der Waals surface area contributed by atoms with Crippen molar-refractivity contribution in [1.82, 2.24) is 9.55 Å². The van der Waals surface area contributed by atoms with E-state index in [2.05, 4.69) is 18.0 Å². The second-order valence-electron chi connectivity index (χ2n) is 5.84. The van der Waals surface area contributed by atoms with Crippen LogP contribution in [0, 0.1) is 13.8 Å². The van der Waals surface area contributed by atoms with Crippen molar-refractivity contribution in [2.75, 3.05) is 0 Å². The molecule has 0 unspecified atom stereocenters. The number of aromatic carboxylic acids is 1. The minimum Gasteiger partial charge on any atom is -0.478 e. The summed E-state index contributed by atoms with van der Waals surface area (Å²) in [6.07, 6.45) is 8.23. The summed E-state index contributed by atoms with van der Waals surface area (Å²) in [6.45, 7) is 4.11. The summed E-state index contributed by atoms with van der Waals surface area (Å²) in [5.41, 5.74) is 4.54. The Morgan fingerprint density at radius 1 is 1.33 bits per heavy atom. The number of rotatable bonds is 3. The van der Waals surface area contributed by atoms with Gasteiger partial charge in [-0.2, -0.15) is 0 Å². The third kappa shape index (κ3) is 2.35. The van der Waals surface area contributed by atoms with Crippen molar-refractivity contribution < 1.29 is 9.90 Å². The minimum atomic E-state index is -0.915. The maximum atomic E-state index is 11.4. The van der Waals surface area contributed by atoms with Gasteiger partial charge < -0.3 is 9.67 Å². The normalized spacial score (nSPS) is 15.5. The minimum absolute atomic E-state index is 0.296. The first-order valence-corrected chi connectivity index (χ1v) is 7.46. The number of carbonyl (C=O) groups is 1. The third-order valence-electron chi connectivity index (χ3n) is 4.54. The maximum Gasteiger partial charge on any atom is 0.337 e. The molecule has 1 saturated carbocycles. The zero-order valence-corrected chi connectivity index (χ0v) is 12.5. The van der Waals surface area contributed by atoms with Gasteiger partial charge in [0.2, 0.25) is 0 Å². The van der Waals surface area contributed by atoms with Gasteiger partial charge in [-0.1, -0.05) is 12.8 Å². The Balaban J connectivity index is 2.13. The van der Waals surface area contributed by atoms with Crippen LogP contribution in [-0.2, 0) is 0 Å². The van der Waals surface area contributed by atoms with Gasteiger partial charge in [-0.25, -0.2) is 4.79 Å². The molecule has 2 aromatic heterocycles. The van der Waals surface area contributed by atoms with E-state index in [1.807, 2.05) is 11.5 Å². The van der Waals surface area contributed by atoms with E-state index in [1.54, 1.807) is 12.3 Å². The van der Waals surface area contributed by atoms with E-state index >= 15 is 0 Å². The standard InChI is InChI=1S/C17H20N2O2/c1-11-9-15(13-5-3-4-6-13)12(2)19(11)16-10-18-8-7-14(16)17(20)21/h7-10,13H,3-6H2,1-2H3,(H,20,21). The molecule has 2 heterocycles. The summed E-state index contributed by atoms with van der Waals surface area (Å²) in [5, 5.41) is 9.39. The summed E-state index contributed by atoms with van der Waals surface area (Å²) >= 11 is 0. The molecule has 1 N–H and O–H groups in total. The van der Waals surface area contributed by atoms with Crippen molar-refractivity contribution in [3.8, 4) is 5.69 Å². The summed E-state index contributed by atoms with van der Waals surface area (Å²) in [6, 6.07) is 3.77. The highest BCUT2D eigenvalue weighted by molar-refractivity contribution is 5.91. The first kappa shape index (κ1) is 13.9. The highest BCUT2D eigenvalue weighted by Gasteiger charge is 2.23. The lowest BCUT2D eigenvalue weighted by Crippen LogP contribution is -2.08. The highest BCUT2D eigenvalue weighted by atomic mass is 16.4. The molecule has 21 heavy (non-hydrogen) atoms. The topological polar surface area (TPSA) is 55.1 Å². The van der Waals surface area contributed by atoms with Gasteiger partial charge in [-0.15, -0.1) is 0 Å². The Morgan fingerprint density at radius 3 is 2.71 bits per heavy atom. The number of hydrogen-bond acceptors (Lipinski definition) is 2. The molecule has 1 aliphatic carbocycles. The van der Waals surface area contributed by atoms with E-state index in [0.717, 1.165) is 11.4 Å². The maximum absolute atomic E-state index is 11.4. The monoisotopic (exact) mass is 284 g/mol. The molecule has 0 saturated heterocycles. The van der Waals surface area contributed by atoms with Crippen molar-refractivity contribution >= 4 is 5.97 Å². The lowest BCUT2D eigenvalue weighted by atomic mass is 9.98. The Kier molecular flexibility index (Phi) is 3.53. The molecule has 3 rings (SSSR count). The van der Waals surface area contributed by atoms with E-state index in [1.165, 1.54) is 37.4 Å². The van der Waals surface area contributed by atoms with Gasteiger partial charge in [0.05, 0.1) is 17.4 Å². The van der Waals surface area contributed by atoms with Crippen molar-refractivity contribution in [2.24, 2.45) is 0 Å². The Hall–Kier alpha value is -2.10. The lowest BCUT2D eigenvalue weighted by Gasteiger charge is -2.14.